The Kier molecular flexibility index (Phi) is 3.78. The zero-order valence-electron chi connectivity index (χ0n) is 10.2. The molecule has 5 heteroatoms. The van der Waals surface area contributed by atoms with Gasteiger partial charge in [0.1, 0.15) is 5.82 Å². The molecule has 0 radical (unpaired) electrons. The van der Waals surface area contributed by atoms with Crippen molar-refractivity contribution in [3.05, 3.63) is 17.2 Å². The summed E-state index contributed by atoms with van der Waals surface area (Å²) in [5, 5.41) is 12.2. The predicted molar refractivity (Wildman–Crippen MR) is 64.4 cm³/mol. The van der Waals surface area contributed by atoms with E-state index in [1.54, 1.807) is 0 Å². The first-order valence-corrected chi connectivity index (χ1v) is 6.20. The van der Waals surface area contributed by atoms with Crippen LogP contribution in [0.15, 0.2) is 0 Å². The minimum absolute atomic E-state index is 0.268. The van der Waals surface area contributed by atoms with E-state index < -0.39 is 5.97 Å². The molecule has 0 aliphatic carbocycles. The van der Waals surface area contributed by atoms with Gasteiger partial charge in [0.05, 0.1) is 5.69 Å². The first-order valence-electron chi connectivity index (χ1n) is 6.20. The number of hydrogen-bond donors (Lipinski definition) is 2. The van der Waals surface area contributed by atoms with Crippen molar-refractivity contribution in [3.8, 4) is 0 Å². The maximum atomic E-state index is 11.1. The van der Waals surface area contributed by atoms with Crippen LogP contribution in [0, 0.1) is 0 Å². The lowest BCUT2D eigenvalue weighted by Gasteiger charge is -2.16. The van der Waals surface area contributed by atoms with Crippen molar-refractivity contribution in [3.63, 3.8) is 0 Å². The molecule has 0 saturated heterocycles. The number of aromatic nitrogens is 2. The number of carboxylic acids is 1. The van der Waals surface area contributed by atoms with Gasteiger partial charge in [-0.05, 0) is 39.3 Å². The largest absolute Gasteiger partial charge is 0.476 e. The van der Waals surface area contributed by atoms with Gasteiger partial charge in [0.2, 0.25) is 0 Å². The summed E-state index contributed by atoms with van der Waals surface area (Å²) < 4.78 is 2.11. The maximum absolute atomic E-state index is 11.1. The summed E-state index contributed by atoms with van der Waals surface area (Å²) in [4.78, 5) is 15.4. The average Bonchev–Trinajstić information content (AvgIpc) is 2.69. The molecule has 1 aromatic heterocycles. The van der Waals surface area contributed by atoms with Crippen molar-refractivity contribution in [2.45, 2.75) is 38.6 Å². The topological polar surface area (TPSA) is 67.2 Å². The second-order valence-electron chi connectivity index (χ2n) is 4.44. The van der Waals surface area contributed by atoms with Crippen LogP contribution in [0.3, 0.4) is 0 Å². The average molecular weight is 237 g/mol. The minimum atomic E-state index is -0.893. The highest BCUT2D eigenvalue weighted by molar-refractivity contribution is 5.86. The van der Waals surface area contributed by atoms with Crippen LogP contribution in [0.1, 0.15) is 41.3 Å². The normalized spacial score (nSPS) is 14.6. The molecule has 2 heterocycles. The van der Waals surface area contributed by atoms with Gasteiger partial charge in [-0.1, -0.05) is 0 Å². The molecule has 2 rings (SSSR count). The maximum Gasteiger partial charge on any atom is 0.356 e. The standard InChI is InChI=1S/C12H19N3O2/c1-13-7-4-6-10-14-11(12(16)17)9-5-2-3-8-15(9)10/h13H,2-8H2,1H3,(H,16,17). The zero-order chi connectivity index (χ0) is 12.3. The molecule has 0 amide bonds. The number of carboxylic acid groups (broad SMARTS) is 1. The number of carbonyl (C=O) groups is 1. The molecule has 94 valence electrons. The number of imidazole rings is 1. The van der Waals surface area contributed by atoms with Crippen LogP contribution in [0.25, 0.3) is 0 Å². The highest BCUT2D eigenvalue weighted by Gasteiger charge is 2.23. The van der Waals surface area contributed by atoms with Gasteiger partial charge in [-0.15, -0.1) is 0 Å². The number of aromatic carboxylic acids is 1. The predicted octanol–water partition coefficient (Wildman–Crippen LogP) is 1.07. The van der Waals surface area contributed by atoms with Gasteiger partial charge in [-0.25, -0.2) is 9.78 Å². The molecule has 0 fully saturated rings. The molecule has 0 saturated carbocycles. The quantitative estimate of drug-likeness (QED) is 0.752. The summed E-state index contributed by atoms with van der Waals surface area (Å²) in [6.45, 7) is 1.86. The Morgan fingerprint density at radius 3 is 3.06 bits per heavy atom. The summed E-state index contributed by atoms with van der Waals surface area (Å²) >= 11 is 0. The lowest BCUT2D eigenvalue weighted by atomic mass is 10.1. The van der Waals surface area contributed by atoms with E-state index in [1.165, 1.54) is 0 Å². The molecule has 1 aliphatic heterocycles. The third kappa shape index (κ3) is 2.49. The zero-order valence-corrected chi connectivity index (χ0v) is 10.2. The summed E-state index contributed by atoms with van der Waals surface area (Å²) in [7, 11) is 1.92. The van der Waals surface area contributed by atoms with E-state index in [0.717, 1.165) is 56.7 Å². The summed E-state index contributed by atoms with van der Waals surface area (Å²) in [6.07, 6.45) is 4.89. The Morgan fingerprint density at radius 1 is 1.53 bits per heavy atom. The minimum Gasteiger partial charge on any atom is -0.476 e. The van der Waals surface area contributed by atoms with Gasteiger partial charge in [-0.2, -0.15) is 0 Å². The molecule has 2 N–H and O–H groups in total. The molecule has 0 atom stereocenters. The molecule has 5 nitrogen and oxygen atoms in total. The number of hydrogen-bond acceptors (Lipinski definition) is 3. The van der Waals surface area contributed by atoms with Gasteiger partial charge in [0.15, 0.2) is 5.69 Å². The van der Waals surface area contributed by atoms with E-state index >= 15 is 0 Å². The molecule has 1 aliphatic rings. The molecule has 17 heavy (non-hydrogen) atoms. The fourth-order valence-electron chi connectivity index (χ4n) is 2.40. The van der Waals surface area contributed by atoms with Crippen molar-refractivity contribution >= 4 is 5.97 Å². The second kappa shape index (κ2) is 5.31. The van der Waals surface area contributed by atoms with Gasteiger partial charge in [0.25, 0.3) is 0 Å². The van der Waals surface area contributed by atoms with E-state index in [-0.39, 0.29) is 5.69 Å². The molecular weight excluding hydrogens is 218 g/mol. The number of nitrogens with one attached hydrogen (secondary N) is 1. The van der Waals surface area contributed by atoms with Crippen LogP contribution in [0.4, 0.5) is 0 Å². The van der Waals surface area contributed by atoms with Crippen LogP contribution >= 0.6 is 0 Å². The van der Waals surface area contributed by atoms with E-state index in [0.29, 0.717) is 0 Å². The smallest absolute Gasteiger partial charge is 0.356 e. The van der Waals surface area contributed by atoms with Crippen molar-refractivity contribution in [2.24, 2.45) is 0 Å². The highest BCUT2D eigenvalue weighted by Crippen LogP contribution is 2.21. The van der Waals surface area contributed by atoms with Crippen LogP contribution in [-0.4, -0.2) is 34.2 Å². The first kappa shape index (κ1) is 12.1. The fourth-order valence-corrected chi connectivity index (χ4v) is 2.40. The molecule has 1 aromatic rings. The number of fused-ring (bicyclic) bond motifs is 1. The van der Waals surface area contributed by atoms with Gasteiger partial charge < -0.3 is 15.0 Å². The van der Waals surface area contributed by atoms with Gasteiger partial charge in [-0.3, -0.25) is 0 Å². The third-order valence-corrected chi connectivity index (χ3v) is 3.23. The van der Waals surface area contributed by atoms with Crippen molar-refractivity contribution in [2.75, 3.05) is 13.6 Å². The molecule has 0 unspecified atom stereocenters. The van der Waals surface area contributed by atoms with E-state index in [2.05, 4.69) is 14.9 Å². The van der Waals surface area contributed by atoms with Crippen molar-refractivity contribution < 1.29 is 9.90 Å². The van der Waals surface area contributed by atoms with E-state index in [1.807, 2.05) is 7.05 Å². The number of rotatable bonds is 5. The lowest BCUT2D eigenvalue weighted by molar-refractivity contribution is 0.0689. The van der Waals surface area contributed by atoms with Gasteiger partial charge in [0, 0.05) is 13.0 Å². The van der Waals surface area contributed by atoms with Crippen LogP contribution in [0.5, 0.6) is 0 Å². The van der Waals surface area contributed by atoms with E-state index in [4.69, 9.17) is 5.11 Å². The Morgan fingerprint density at radius 2 is 2.35 bits per heavy atom. The van der Waals surface area contributed by atoms with Crippen molar-refractivity contribution in [1.29, 1.82) is 0 Å². The van der Waals surface area contributed by atoms with Crippen LogP contribution < -0.4 is 5.32 Å². The highest BCUT2D eigenvalue weighted by atomic mass is 16.4. The summed E-state index contributed by atoms with van der Waals surface area (Å²) in [5.74, 6) is 0.0443. The molecule has 0 aromatic carbocycles. The van der Waals surface area contributed by atoms with Crippen LogP contribution in [0.2, 0.25) is 0 Å². The van der Waals surface area contributed by atoms with Crippen LogP contribution in [-0.2, 0) is 19.4 Å². The Labute approximate surface area is 101 Å². The Hall–Kier alpha value is -1.36. The monoisotopic (exact) mass is 237 g/mol. The fraction of sp³-hybridized carbons (Fsp3) is 0.667. The number of nitrogens with zero attached hydrogens (tertiary/aromatic N) is 2. The summed E-state index contributed by atoms with van der Waals surface area (Å²) in [6, 6.07) is 0. The van der Waals surface area contributed by atoms with E-state index in [9.17, 15) is 4.79 Å². The summed E-state index contributed by atoms with van der Waals surface area (Å²) in [5.41, 5.74) is 1.19. The SMILES string of the molecule is CNCCCc1nc(C(=O)O)c2n1CCCC2. The Balaban J connectivity index is 2.23. The molecular formula is C12H19N3O2. The first-order chi connectivity index (χ1) is 8.24. The van der Waals surface area contributed by atoms with Crippen molar-refractivity contribution in [1.82, 2.24) is 14.9 Å². The lowest BCUT2D eigenvalue weighted by Crippen LogP contribution is -2.15. The third-order valence-electron chi connectivity index (χ3n) is 3.23. The molecule has 0 spiro atoms. The number of aryl methyl sites for hydroxylation is 1. The second-order valence-corrected chi connectivity index (χ2v) is 4.44. The molecule has 0 bridgehead atoms. The van der Waals surface area contributed by atoms with Gasteiger partial charge >= 0.3 is 5.97 Å². The Bertz CT molecular complexity index is 412.